The van der Waals surface area contributed by atoms with Crippen LogP contribution in [0.4, 0.5) is 11.4 Å². The van der Waals surface area contributed by atoms with Crippen molar-refractivity contribution in [3.8, 4) is 0 Å². The van der Waals surface area contributed by atoms with Crippen molar-refractivity contribution in [1.29, 1.82) is 0 Å². The van der Waals surface area contributed by atoms with Gasteiger partial charge in [0, 0.05) is 23.3 Å². The molecule has 0 spiro atoms. The number of rotatable bonds is 3. The first-order chi connectivity index (χ1) is 13.1. The highest BCUT2D eigenvalue weighted by molar-refractivity contribution is 6.34. The fourth-order valence-electron chi connectivity index (χ4n) is 3.25. The number of carbonyl (C=O) groups is 1. The van der Waals surface area contributed by atoms with Crippen LogP contribution in [0.25, 0.3) is 0 Å². The van der Waals surface area contributed by atoms with Crippen molar-refractivity contribution in [2.75, 3.05) is 0 Å². The fourth-order valence-corrected chi connectivity index (χ4v) is 3.43. The van der Waals surface area contributed by atoms with Crippen LogP contribution < -0.4 is 0 Å². The van der Waals surface area contributed by atoms with E-state index in [1.165, 1.54) is 12.1 Å². The summed E-state index contributed by atoms with van der Waals surface area (Å²) in [5, 5.41) is 11.4. The quantitative estimate of drug-likeness (QED) is 0.457. The van der Waals surface area contributed by atoms with Gasteiger partial charge < -0.3 is 0 Å². The van der Waals surface area contributed by atoms with Gasteiger partial charge in [0.15, 0.2) is 5.78 Å². The molecule has 1 aliphatic rings. The number of benzene rings is 3. The van der Waals surface area contributed by atoms with Gasteiger partial charge in [0.2, 0.25) is 0 Å². The first-order valence-corrected chi connectivity index (χ1v) is 8.65. The number of aliphatic imine (C=N–C) groups is 1. The van der Waals surface area contributed by atoms with Crippen LogP contribution in [0.5, 0.6) is 0 Å². The molecule has 0 fully saturated rings. The van der Waals surface area contributed by atoms with Gasteiger partial charge >= 0.3 is 0 Å². The molecule has 0 unspecified atom stereocenters. The molecule has 0 amide bonds. The molecule has 27 heavy (non-hydrogen) atoms. The van der Waals surface area contributed by atoms with E-state index in [1.807, 2.05) is 30.3 Å². The van der Waals surface area contributed by atoms with E-state index in [2.05, 4.69) is 0 Å². The minimum atomic E-state index is -0.625. The maximum Gasteiger partial charge on any atom is 0.269 e. The maximum atomic E-state index is 13.1. The highest BCUT2D eigenvalue weighted by Gasteiger charge is 2.37. The van der Waals surface area contributed by atoms with Crippen LogP contribution in [0.1, 0.15) is 27.4 Å². The Kier molecular flexibility index (Phi) is 4.30. The summed E-state index contributed by atoms with van der Waals surface area (Å²) in [4.78, 5) is 28.2. The standard InChI is InChI=1S/C21H13ClN2O3/c22-17-7-3-4-8-18(17)23-20-15-5-1-2-6-16(15)21(25)19(20)13-9-11-14(12-10-13)24(26)27/h1-12,19H/t19-/m0/s1. The summed E-state index contributed by atoms with van der Waals surface area (Å²) >= 11 is 6.25. The molecule has 0 radical (unpaired) electrons. The molecule has 5 nitrogen and oxygen atoms in total. The van der Waals surface area contributed by atoms with Gasteiger partial charge in [-0.2, -0.15) is 0 Å². The minimum Gasteiger partial charge on any atom is -0.293 e. The molecule has 1 aliphatic carbocycles. The van der Waals surface area contributed by atoms with Gasteiger partial charge in [-0.25, -0.2) is 0 Å². The van der Waals surface area contributed by atoms with Crippen LogP contribution in [-0.4, -0.2) is 16.4 Å². The third-order valence-electron chi connectivity index (χ3n) is 4.53. The van der Waals surface area contributed by atoms with E-state index >= 15 is 0 Å². The van der Waals surface area contributed by atoms with Gasteiger partial charge in [-0.05, 0) is 17.7 Å². The lowest BCUT2D eigenvalue weighted by Gasteiger charge is -2.11. The van der Waals surface area contributed by atoms with Crippen LogP contribution in [0.2, 0.25) is 5.02 Å². The topological polar surface area (TPSA) is 72.6 Å². The van der Waals surface area contributed by atoms with Crippen molar-refractivity contribution in [3.63, 3.8) is 0 Å². The predicted octanol–water partition coefficient (Wildman–Crippen LogP) is 5.35. The molecular formula is C21H13ClN2O3. The molecule has 0 N–H and O–H groups in total. The van der Waals surface area contributed by atoms with Crippen LogP contribution in [0.15, 0.2) is 77.8 Å². The molecule has 0 saturated carbocycles. The summed E-state index contributed by atoms with van der Waals surface area (Å²) in [6.07, 6.45) is 0. The molecule has 0 bridgehead atoms. The summed E-state index contributed by atoms with van der Waals surface area (Å²) in [5.41, 5.74) is 3.15. The van der Waals surface area contributed by atoms with Crippen LogP contribution in [0.3, 0.4) is 0 Å². The molecule has 132 valence electrons. The average Bonchev–Trinajstić information content (AvgIpc) is 2.96. The molecular weight excluding hydrogens is 364 g/mol. The van der Waals surface area contributed by atoms with Gasteiger partial charge in [0.05, 0.1) is 27.3 Å². The summed E-state index contributed by atoms with van der Waals surface area (Å²) in [7, 11) is 0. The van der Waals surface area contributed by atoms with E-state index in [4.69, 9.17) is 16.6 Å². The van der Waals surface area contributed by atoms with Crippen LogP contribution in [0, 0.1) is 10.1 Å². The first kappa shape index (κ1) is 17.1. The number of nitro benzene ring substituents is 1. The highest BCUT2D eigenvalue weighted by Crippen LogP contribution is 2.37. The number of nitro groups is 1. The van der Waals surface area contributed by atoms with Crippen molar-refractivity contribution in [3.05, 3.63) is 105 Å². The molecule has 0 aromatic heterocycles. The Balaban J connectivity index is 1.88. The largest absolute Gasteiger partial charge is 0.293 e. The summed E-state index contributed by atoms with van der Waals surface area (Å²) < 4.78 is 0. The van der Waals surface area contributed by atoms with E-state index in [0.29, 0.717) is 27.5 Å². The van der Waals surface area contributed by atoms with Crippen molar-refractivity contribution < 1.29 is 9.72 Å². The number of carbonyl (C=O) groups excluding carboxylic acids is 1. The average molecular weight is 377 g/mol. The molecule has 0 aliphatic heterocycles. The molecule has 4 rings (SSSR count). The Bertz CT molecular complexity index is 1090. The Morgan fingerprint density at radius 3 is 2.19 bits per heavy atom. The van der Waals surface area contributed by atoms with Gasteiger partial charge in [-0.15, -0.1) is 0 Å². The lowest BCUT2D eigenvalue weighted by molar-refractivity contribution is -0.384. The Labute approximate surface area is 160 Å². The van der Waals surface area contributed by atoms with Gasteiger partial charge in [0.25, 0.3) is 5.69 Å². The minimum absolute atomic E-state index is 0.0219. The number of ketones is 1. The number of hydrogen-bond donors (Lipinski definition) is 0. The molecule has 6 heteroatoms. The fraction of sp³-hybridized carbons (Fsp3) is 0.0476. The zero-order valence-electron chi connectivity index (χ0n) is 14.0. The summed E-state index contributed by atoms with van der Waals surface area (Å²) in [6.45, 7) is 0. The number of fused-ring (bicyclic) bond motifs is 1. The second-order valence-electron chi connectivity index (χ2n) is 6.14. The van der Waals surface area contributed by atoms with Crippen molar-refractivity contribution in [1.82, 2.24) is 0 Å². The number of para-hydroxylation sites is 1. The second kappa shape index (κ2) is 6.78. The van der Waals surface area contributed by atoms with Crippen molar-refractivity contribution in [2.45, 2.75) is 5.92 Å². The number of Topliss-reactive ketones (excluding diaryl/α,β-unsaturated/α-hetero) is 1. The third kappa shape index (κ3) is 3.02. The number of non-ortho nitro benzene ring substituents is 1. The van der Waals surface area contributed by atoms with Crippen molar-refractivity contribution in [2.24, 2.45) is 4.99 Å². The lowest BCUT2D eigenvalue weighted by atomic mass is 9.93. The molecule has 0 heterocycles. The first-order valence-electron chi connectivity index (χ1n) is 8.27. The van der Waals surface area contributed by atoms with E-state index in [0.717, 1.165) is 5.56 Å². The Morgan fingerprint density at radius 1 is 0.889 bits per heavy atom. The monoisotopic (exact) mass is 376 g/mol. The zero-order valence-corrected chi connectivity index (χ0v) is 14.8. The normalized spacial score (nSPS) is 17.1. The number of halogens is 1. The second-order valence-corrected chi connectivity index (χ2v) is 6.55. The van der Waals surface area contributed by atoms with E-state index in [-0.39, 0.29) is 11.5 Å². The third-order valence-corrected chi connectivity index (χ3v) is 4.85. The SMILES string of the molecule is O=C1c2ccccc2C(=Nc2ccccc2Cl)[C@@H]1c1ccc([N+](=O)[O-])cc1. The molecule has 3 aromatic carbocycles. The smallest absolute Gasteiger partial charge is 0.269 e. The maximum absolute atomic E-state index is 13.1. The van der Waals surface area contributed by atoms with E-state index in [1.54, 1.807) is 30.3 Å². The van der Waals surface area contributed by atoms with Crippen LogP contribution >= 0.6 is 11.6 Å². The van der Waals surface area contributed by atoms with Gasteiger partial charge in [0.1, 0.15) is 0 Å². The Hall–Kier alpha value is -3.31. The lowest BCUT2D eigenvalue weighted by Crippen LogP contribution is -2.13. The summed E-state index contributed by atoms with van der Waals surface area (Å²) in [6, 6.07) is 20.5. The number of hydrogen-bond acceptors (Lipinski definition) is 4. The van der Waals surface area contributed by atoms with Crippen LogP contribution in [-0.2, 0) is 0 Å². The van der Waals surface area contributed by atoms with E-state index < -0.39 is 10.8 Å². The van der Waals surface area contributed by atoms with Gasteiger partial charge in [-0.3, -0.25) is 19.9 Å². The number of nitrogens with zero attached hydrogens (tertiary/aromatic N) is 2. The predicted molar refractivity (Wildman–Crippen MR) is 104 cm³/mol. The highest BCUT2D eigenvalue weighted by atomic mass is 35.5. The summed E-state index contributed by atoms with van der Waals surface area (Å²) in [5.74, 6) is -0.704. The van der Waals surface area contributed by atoms with Crippen molar-refractivity contribution >= 4 is 34.5 Å². The van der Waals surface area contributed by atoms with E-state index in [9.17, 15) is 14.9 Å². The van der Waals surface area contributed by atoms with Gasteiger partial charge in [-0.1, -0.05) is 60.1 Å². The molecule has 1 atom stereocenters. The zero-order chi connectivity index (χ0) is 19.0. The molecule has 3 aromatic rings. The molecule has 0 saturated heterocycles. The Morgan fingerprint density at radius 2 is 1.52 bits per heavy atom.